The Bertz CT molecular complexity index is 1140. The molecule has 6 nitrogen and oxygen atoms in total. The molecular weight excluding hydrogens is 372 g/mol. The molecule has 2 heterocycles. The standard InChI is InChI=1S/C21H14N4O2S/c1-27-13-8-6-12(7-9-13)18-15(10-22)19(24)25-20(26)14-4-2-3-5-17(14)28-21(25)16(18)11-23/h2-9,18H,24H2,1H3/t18-/m1/s1. The van der Waals surface area contributed by atoms with Crippen LogP contribution in [0, 0.1) is 22.7 Å². The SMILES string of the molecule is COc1ccc([C@@H]2C(C#N)=C(N)N3C(=O)c4ccccc4SC3=C2C#N)cc1. The van der Waals surface area contributed by atoms with Crippen molar-refractivity contribution in [2.45, 2.75) is 10.8 Å². The van der Waals surface area contributed by atoms with Crippen LogP contribution in [-0.4, -0.2) is 17.9 Å². The van der Waals surface area contributed by atoms with Crippen LogP contribution in [-0.2, 0) is 0 Å². The van der Waals surface area contributed by atoms with Gasteiger partial charge in [-0.2, -0.15) is 10.5 Å². The van der Waals surface area contributed by atoms with E-state index in [2.05, 4.69) is 12.1 Å². The number of thioether (sulfide) groups is 1. The molecule has 28 heavy (non-hydrogen) atoms. The summed E-state index contributed by atoms with van der Waals surface area (Å²) in [6, 6.07) is 18.6. The second-order valence-corrected chi connectivity index (χ2v) is 7.22. The van der Waals surface area contributed by atoms with Crippen molar-refractivity contribution >= 4 is 17.7 Å². The summed E-state index contributed by atoms with van der Waals surface area (Å²) >= 11 is 1.31. The third-order valence-electron chi connectivity index (χ3n) is 4.74. The molecule has 0 spiro atoms. The van der Waals surface area contributed by atoms with E-state index in [-0.39, 0.29) is 17.3 Å². The summed E-state index contributed by atoms with van der Waals surface area (Å²) in [5.74, 6) is -0.253. The lowest BCUT2D eigenvalue weighted by Crippen LogP contribution is -2.40. The van der Waals surface area contributed by atoms with Crippen LogP contribution in [0.25, 0.3) is 0 Å². The number of benzene rings is 2. The van der Waals surface area contributed by atoms with Crippen LogP contribution < -0.4 is 10.5 Å². The van der Waals surface area contributed by atoms with Crippen LogP contribution in [0.5, 0.6) is 5.75 Å². The summed E-state index contributed by atoms with van der Waals surface area (Å²) < 4.78 is 5.19. The third kappa shape index (κ3) is 2.53. The van der Waals surface area contributed by atoms with Crippen LogP contribution >= 0.6 is 11.8 Å². The minimum Gasteiger partial charge on any atom is -0.497 e. The largest absolute Gasteiger partial charge is 0.497 e. The molecule has 2 aliphatic rings. The van der Waals surface area contributed by atoms with E-state index in [1.165, 1.54) is 16.7 Å². The van der Waals surface area contributed by atoms with Gasteiger partial charge in [-0.15, -0.1) is 0 Å². The highest BCUT2D eigenvalue weighted by atomic mass is 32.2. The molecule has 0 unspecified atom stereocenters. The number of methoxy groups -OCH3 is 1. The number of allylic oxidation sites excluding steroid dienone is 2. The Morgan fingerprint density at radius 1 is 1.07 bits per heavy atom. The van der Waals surface area contributed by atoms with Crippen molar-refractivity contribution in [1.29, 1.82) is 10.5 Å². The number of carbonyl (C=O) groups is 1. The second-order valence-electron chi connectivity index (χ2n) is 6.19. The van der Waals surface area contributed by atoms with E-state index in [9.17, 15) is 15.3 Å². The zero-order chi connectivity index (χ0) is 19.8. The Kier molecular flexibility index (Phi) is 4.31. The van der Waals surface area contributed by atoms with Gasteiger partial charge in [0.15, 0.2) is 0 Å². The molecule has 2 aromatic carbocycles. The first-order chi connectivity index (χ1) is 13.6. The Morgan fingerprint density at radius 3 is 2.39 bits per heavy atom. The van der Waals surface area contributed by atoms with Gasteiger partial charge in [0.2, 0.25) is 0 Å². The van der Waals surface area contributed by atoms with Crippen LogP contribution in [0.2, 0.25) is 0 Å². The van der Waals surface area contributed by atoms with Gasteiger partial charge in [-0.25, -0.2) is 0 Å². The number of hydrogen-bond acceptors (Lipinski definition) is 6. The number of carbonyl (C=O) groups excluding carboxylic acids is 1. The van der Waals surface area contributed by atoms with Crippen molar-refractivity contribution in [2.75, 3.05) is 7.11 Å². The molecule has 4 rings (SSSR count). The molecule has 1 atom stereocenters. The molecule has 0 aromatic heterocycles. The lowest BCUT2D eigenvalue weighted by atomic mass is 9.83. The van der Waals surface area contributed by atoms with Gasteiger partial charge in [0.1, 0.15) is 16.6 Å². The van der Waals surface area contributed by atoms with E-state index in [1.807, 2.05) is 12.1 Å². The first-order valence-electron chi connectivity index (χ1n) is 8.40. The predicted octanol–water partition coefficient (Wildman–Crippen LogP) is 3.47. The molecule has 0 saturated carbocycles. The molecule has 1 amide bonds. The fourth-order valence-corrected chi connectivity index (χ4v) is 4.56. The van der Waals surface area contributed by atoms with Crippen molar-refractivity contribution < 1.29 is 9.53 Å². The summed E-state index contributed by atoms with van der Waals surface area (Å²) in [7, 11) is 1.57. The second kappa shape index (κ2) is 6.80. The highest BCUT2D eigenvalue weighted by molar-refractivity contribution is 8.03. The molecule has 0 aliphatic carbocycles. The number of nitrogens with zero attached hydrogens (tertiary/aromatic N) is 3. The van der Waals surface area contributed by atoms with Gasteiger partial charge in [0, 0.05) is 4.90 Å². The Morgan fingerprint density at radius 2 is 1.75 bits per heavy atom. The number of amides is 1. The summed E-state index contributed by atoms with van der Waals surface area (Å²) in [6.07, 6.45) is 0. The van der Waals surface area contributed by atoms with Gasteiger partial charge < -0.3 is 10.5 Å². The zero-order valence-electron chi connectivity index (χ0n) is 14.8. The fourth-order valence-electron chi connectivity index (χ4n) is 3.39. The minimum absolute atomic E-state index is 0.0596. The normalized spacial score (nSPS) is 18.2. The van der Waals surface area contributed by atoms with Crippen LogP contribution in [0.15, 0.2) is 75.4 Å². The monoisotopic (exact) mass is 386 g/mol. The van der Waals surface area contributed by atoms with Crippen LogP contribution in [0.4, 0.5) is 0 Å². The van der Waals surface area contributed by atoms with Gasteiger partial charge in [0.05, 0.1) is 41.9 Å². The topological polar surface area (TPSA) is 103 Å². The maximum absolute atomic E-state index is 13.0. The van der Waals surface area contributed by atoms with Crippen molar-refractivity contribution in [3.8, 4) is 17.9 Å². The molecule has 0 bridgehead atoms. The molecular formula is C21H14N4O2S. The van der Waals surface area contributed by atoms with Crippen molar-refractivity contribution in [2.24, 2.45) is 5.73 Å². The Balaban J connectivity index is 1.94. The van der Waals surface area contributed by atoms with Crippen molar-refractivity contribution in [3.63, 3.8) is 0 Å². The molecule has 7 heteroatoms. The quantitative estimate of drug-likeness (QED) is 0.848. The first kappa shape index (κ1) is 17.7. The van der Waals surface area contributed by atoms with Gasteiger partial charge in [-0.1, -0.05) is 36.0 Å². The van der Waals surface area contributed by atoms with E-state index >= 15 is 0 Å². The zero-order valence-corrected chi connectivity index (χ0v) is 15.7. The van der Waals surface area contributed by atoms with Gasteiger partial charge in [-0.05, 0) is 29.8 Å². The molecule has 136 valence electrons. The molecule has 0 saturated heterocycles. The smallest absolute Gasteiger partial charge is 0.265 e. The van der Waals surface area contributed by atoms with Crippen molar-refractivity contribution in [1.82, 2.24) is 4.90 Å². The van der Waals surface area contributed by atoms with E-state index in [0.717, 1.165) is 10.5 Å². The van der Waals surface area contributed by atoms with Gasteiger partial charge in [-0.3, -0.25) is 9.69 Å². The number of fused-ring (bicyclic) bond motifs is 2. The maximum Gasteiger partial charge on any atom is 0.265 e. The van der Waals surface area contributed by atoms with Gasteiger partial charge in [0.25, 0.3) is 5.91 Å². The third-order valence-corrected chi connectivity index (χ3v) is 5.92. The summed E-state index contributed by atoms with van der Waals surface area (Å²) in [4.78, 5) is 15.1. The number of hydrogen-bond donors (Lipinski definition) is 1. The summed E-state index contributed by atoms with van der Waals surface area (Å²) in [5, 5.41) is 20.2. The molecule has 0 radical (unpaired) electrons. The summed E-state index contributed by atoms with van der Waals surface area (Å²) in [5.41, 5.74) is 8.00. The molecule has 2 N–H and O–H groups in total. The number of rotatable bonds is 2. The van der Waals surface area contributed by atoms with Crippen molar-refractivity contribution in [3.05, 3.63) is 81.7 Å². The predicted molar refractivity (Wildman–Crippen MR) is 104 cm³/mol. The molecule has 0 fully saturated rings. The van der Waals surface area contributed by atoms with E-state index in [4.69, 9.17) is 10.5 Å². The summed E-state index contributed by atoms with van der Waals surface area (Å²) in [6.45, 7) is 0. The van der Waals surface area contributed by atoms with Crippen LogP contribution in [0.3, 0.4) is 0 Å². The number of ether oxygens (including phenoxy) is 1. The fraction of sp³-hybridized carbons (Fsp3) is 0.0952. The maximum atomic E-state index is 13.0. The average molecular weight is 386 g/mol. The highest BCUT2D eigenvalue weighted by Crippen LogP contribution is 2.49. The van der Waals surface area contributed by atoms with E-state index < -0.39 is 5.92 Å². The Labute approximate surface area is 166 Å². The lowest BCUT2D eigenvalue weighted by Gasteiger charge is -2.37. The molecule has 2 aliphatic heterocycles. The van der Waals surface area contributed by atoms with Gasteiger partial charge >= 0.3 is 0 Å². The van der Waals surface area contributed by atoms with Crippen LogP contribution in [0.1, 0.15) is 21.8 Å². The Hall–Kier alpha value is -3.68. The highest BCUT2D eigenvalue weighted by Gasteiger charge is 2.42. The minimum atomic E-state index is -0.641. The number of nitriles is 2. The first-order valence-corrected chi connectivity index (χ1v) is 9.21. The lowest BCUT2D eigenvalue weighted by molar-refractivity contribution is 0.0841. The van der Waals surface area contributed by atoms with E-state index in [0.29, 0.717) is 21.9 Å². The molecule has 2 aromatic rings. The number of nitrogens with two attached hydrogens (primary N) is 1. The van der Waals surface area contributed by atoms with E-state index in [1.54, 1.807) is 43.5 Å². The average Bonchev–Trinajstić information content (AvgIpc) is 2.73.